The number of hydrogen-bond acceptors (Lipinski definition) is 4. The summed E-state index contributed by atoms with van der Waals surface area (Å²) in [5.41, 5.74) is 3.77. The highest BCUT2D eigenvalue weighted by Gasteiger charge is 2.22. The first-order valence-corrected chi connectivity index (χ1v) is 7.67. The van der Waals surface area contributed by atoms with Crippen LogP contribution < -0.4 is 9.47 Å². The lowest BCUT2D eigenvalue weighted by Gasteiger charge is -2.18. The lowest BCUT2D eigenvalue weighted by molar-refractivity contribution is 0.0757. The standard InChI is InChI=1S/C17H21N3O3/c1-11-8-14(19-18-11)17(21)20-6-4-12-9-15(22-2)16(23-3)10-13(12)5-7-20/h8-10H,4-7H2,1-3H3,(H,18,19). The smallest absolute Gasteiger partial charge is 0.274 e. The molecule has 0 radical (unpaired) electrons. The Labute approximate surface area is 135 Å². The lowest BCUT2D eigenvalue weighted by atomic mass is 10.0. The first kappa shape index (κ1) is 15.4. The Morgan fingerprint density at radius 3 is 2.09 bits per heavy atom. The first-order valence-electron chi connectivity index (χ1n) is 7.67. The van der Waals surface area contributed by atoms with Gasteiger partial charge in [0.2, 0.25) is 0 Å². The third kappa shape index (κ3) is 3.02. The highest BCUT2D eigenvalue weighted by molar-refractivity contribution is 5.92. The van der Waals surface area contributed by atoms with E-state index < -0.39 is 0 Å². The van der Waals surface area contributed by atoms with Crippen molar-refractivity contribution in [3.63, 3.8) is 0 Å². The average molecular weight is 315 g/mol. The van der Waals surface area contributed by atoms with Gasteiger partial charge < -0.3 is 14.4 Å². The first-order chi connectivity index (χ1) is 11.1. The summed E-state index contributed by atoms with van der Waals surface area (Å²) in [4.78, 5) is 14.4. The van der Waals surface area contributed by atoms with Gasteiger partial charge in [0.05, 0.1) is 14.2 Å². The Morgan fingerprint density at radius 1 is 1.09 bits per heavy atom. The van der Waals surface area contributed by atoms with E-state index in [4.69, 9.17) is 9.47 Å². The molecule has 1 aliphatic heterocycles. The number of amides is 1. The zero-order valence-electron chi connectivity index (χ0n) is 13.7. The maximum Gasteiger partial charge on any atom is 0.274 e. The SMILES string of the molecule is COc1cc2c(cc1OC)CCN(C(=O)c1cc(C)[nH]n1)CC2. The number of aryl methyl sites for hydroxylation is 1. The molecule has 23 heavy (non-hydrogen) atoms. The fourth-order valence-corrected chi connectivity index (χ4v) is 2.94. The van der Waals surface area contributed by atoms with Crippen molar-refractivity contribution in [2.75, 3.05) is 27.3 Å². The van der Waals surface area contributed by atoms with Crippen LogP contribution in [0, 0.1) is 6.92 Å². The molecular weight excluding hydrogens is 294 g/mol. The van der Waals surface area contributed by atoms with E-state index in [1.165, 1.54) is 11.1 Å². The van der Waals surface area contributed by atoms with Gasteiger partial charge in [0.25, 0.3) is 5.91 Å². The third-order valence-electron chi connectivity index (χ3n) is 4.22. The fourth-order valence-electron chi connectivity index (χ4n) is 2.94. The molecule has 1 aliphatic rings. The summed E-state index contributed by atoms with van der Waals surface area (Å²) in [6.45, 7) is 3.24. The predicted octanol–water partition coefficient (Wildman–Crippen LogP) is 1.98. The predicted molar refractivity (Wildman–Crippen MR) is 86.2 cm³/mol. The molecule has 0 saturated heterocycles. The maximum absolute atomic E-state index is 12.6. The molecule has 1 N–H and O–H groups in total. The van der Waals surface area contributed by atoms with Crippen LogP contribution in [0.2, 0.25) is 0 Å². The van der Waals surface area contributed by atoms with Gasteiger partial charge in [0.1, 0.15) is 5.69 Å². The van der Waals surface area contributed by atoms with Gasteiger partial charge >= 0.3 is 0 Å². The average Bonchev–Trinajstić information content (AvgIpc) is 2.89. The number of nitrogens with zero attached hydrogens (tertiary/aromatic N) is 2. The minimum absolute atomic E-state index is 0.0268. The molecular formula is C17H21N3O3. The van der Waals surface area contributed by atoms with E-state index >= 15 is 0 Å². The van der Waals surface area contributed by atoms with E-state index in [1.54, 1.807) is 20.3 Å². The zero-order chi connectivity index (χ0) is 16.4. The molecule has 1 aromatic heterocycles. The molecule has 0 atom stereocenters. The summed E-state index contributed by atoms with van der Waals surface area (Å²) in [5.74, 6) is 1.43. The molecule has 122 valence electrons. The molecule has 1 amide bonds. The van der Waals surface area contributed by atoms with Gasteiger partial charge in [-0.3, -0.25) is 9.89 Å². The lowest BCUT2D eigenvalue weighted by Crippen LogP contribution is -2.33. The number of methoxy groups -OCH3 is 2. The van der Waals surface area contributed by atoms with Crippen molar-refractivity contribution in [3.8, 4) is 11.5 Å². The second kappa shape index (κ2) is 6.32. The normalized spacial score (nSPS) is 14.1. The third-order valence-corrected chi connectivity index (χ3v) is 4.22. The molecule has 2 aromatic rings. The highest BCUT2D eigenvalue weighted by atomic mass is 16.5. The molecule has 0 saturated carbocycles. The number of H-pyrrole nitrogens is 1. The van der Waals surface area contributed by atoms with Crippen molar-refractivity contribution in [2.24, 2.45) is 0 Å². The molecule has 0 bridgehead atoms. The number of hydrogen-bond donors (Lipinski definition) is 1. The van der Waals surface area contributed by atoms with Crippen LogP contribution in [0.25, 0.3) is 0 Å². The minimum Gasteiger partial charge on any atom is -0.493 e. The summed E-state index contributed by atoms with van der Waals surface area (Å²) >= 11 is 0. The van der Waals surface area contributed by atoms with Crippen LogP contribution in [0.1, 0.15) is 27.3 Å². The number of aromatic nitrogens is 2. The molecule has 0 spiro atoms. The molecule has 1 aromatic carbocycles. The highest BCUT2D eigenvalue weighted by Crippen LogP contribution is 2.32. The van der Waals surface area contributed by atoms with E-state index in [1.807, 2.05) is 24.0 Å². The van der Waals surface area contributed by atoms with Crippen molar-refractivity contribution in [1.29, 1.82) is 0 Å². The Hall–Kier alpha value is -2.50. The topological polar surface area (TPSA) is 67.5 Å². The van der Waals surface area contributed by atoms with Gasteiger partial charge in [-0.15, -0.1) is 0 Å². The number of fused-ring (bicyclic) bond motifs is 1. The summed E-state index contributed by atoms with van der Waals surface area (Å²) in [7, 11) is 3.27. The number of aromatic amines is 1. The van der Waals surface area contributed by atoms with Crippen LogP contribution >= 0.6 is 0 Å². The number of carbonyl (C=O) groups excluding carboxylic acids is 1. The van der Waals surface area contributed by atoms with Gasteiger partial charge in [-0.05, 0) is 49.1 Å². The number of benzene rings is 1. The van der Waals surface area contributed by atoms with Crippen molar-refractivity contribution in [2.45, 2.75) is 19.8 Å². The van der Waals surface area contributed by atoms with Crippen molar-refractivity contribution < 1.29 is 14.3 Å². The Kier molecular flexibility index (Phi) is 4.23. The number of rotatable bonds is 3. The number of ether oxygens (including phenoxy) is 2. The molecule has 0 fully saturated rings. The monoisotopic (exact) mass is 315 g/mol. The second-order valence-corrected chi connectivity index (χ2v) is 5.70. The van der Waals surface area contributed by atoms with Gasteiger partial charge in [0, 0.05) is 18.8 Å². The van der Waals surface area contributed by atoms with E-state index in [0.717, 1.165) is 30.0 Å². The molecule has 2 heterocycles. The number of nitrogens with one attached hydrogen (secondary N) is 1. The minimum atomic E-state index is -0.0268. The largest absolute Gasteiger partial charge is 0.493 e. The van der Waals surface area contributed by atoms with E-state index in [-0.39, 0.29) is 5.91 Å². The van der Waals surface area contributed by atoms with Crippen molar-refractivity contribution in [1.82, 2.24) is 15.1 Å². The number of carbonyl (C=O) groups is 1. The Morgan fingerprint density at radius 2 is 1.65 bits per heavy atom. The van der Waals surface area contributed by atoms with Crippen LogP contribution in [0.3, 0.4) is 0 Å². The Balaban J connectivity index is 1.81. The van der Waals surface area contributed by atoms with Crippen LogP contribution in [-0.4, -0.2) is 48.3 Å². The fraction of sp³-hybridized carbons (Fsp3) is 0.412. The van der Waals surface area contributed by atoms with Crippen LogP contribution in [0.5, 0.6) is 11.5 Å². The summed E-state index contributed by atoms with van der Waals surface area (Å²) in [5, 5.41) is 6.89. The molecule has 0 aliphatic carbocycles. The Bertz CT molecular complexity index is 689. The zero-order valence-corrected chi connectivity index (χ0v) is 13.7. The van der Waals surface area contributed by atoms with Crippen LogP contribution in [0.4, 0.5) is 0 Å². The quantitative estimate of drug-likeness (QED) is 0.940. The van der Waals surface area contributed by atoms with Gasteiger partial charge in [-0.25, -0.2) is 0 Å². The van der Waals surface area contributed by atoms with E-state index in [2.05, 4.69) is 10.2 Å². The van der Waals surface area contributed by atoms with Crippen LogP contribution in [-0.2, 0) is 12.8 Å². The van der Waals surface area contributed by atoms with E-state index in [9.17, 15) is 4.79 Å². The van der Waals surface area contributed by atoms with Gasteiger partial charge in [0.15, 0.2) is 11.5 Å². The molecule has 6 nitrogen and oxygen atoms in total. The molecule has 0 unspecified atom stereocenters. The molecule has 6 heteroatoms. The summed E-state index contributed by atoms with van der Waals surface area (Å²) in [6, 6.07) is 5.81. The van der Waals surface area contributed by atoms with Crippen LogP contribution in [0.15, 0.2) is 18.2 Å². The maximum atomic E-state index is 12.6. The van der Waals surface area contributed by atoms with Gasteiger partial charge in [-0.2, -0.15) is 5.10 Å². The van der Waals surface area contributed by atoms with Gasteiger partial charge in [-0.1, -0.05) is 0 Å². The summed E-state index contributed by atoms with van der Waals surface area (Å²) in [6.07, 6.45) is 1.59. The summed E-state index contributed by atoms with van der Waals surface area (Å²) < 4.78 is 10.7. The second-order valence-electron chi connectivity index (χ2n) is 5.70. The van der Waals surface area contributed by atoms with Crippen molar-refractivity contribution >= 4 is 5.91 Å². The molecule has 3 rings (SSSR count). The van der Waals surface area contributed by atoms with Crippen molar-refractivity contribution in [3.05, 3.63) is 40.7 Å². The van der Waals surface area contributed by atoms with E-state index in [0.29, 0.717) is 18.8 Å².